The Morgan fingerprint density at radius 2 is 1.68 bits per heavy atom. The van der Waals surface area contributed by atoms with Gasteiger partial charge in [0.2, 0.25) is 0 Å². The molecule has 0 saturated carbocycles. The Bertz CT molecular complexity index is 1280. The average molecular weight is 453 g/mol. The summed E-state index contributed by atoms with van der Waals surface area (Å²) in [5.41, 5.74) is 1.70. The highest BCUT2D eigenvalue weighted by Gasteiger charge is 2.16. The van der Waals surface area contributed by atoms with E-state index in [-0.39, 0.29) is 16.2 Å². The van der Waals surface area contributed by atoms with Crippen LogP contribution in [0.15, 0.2) is 83.3 Å². The van der Waals surface area contributed by atoms with Gasteiger partial charge in [0.1, 0.15) is 22.3 Å². The number of nitrogens with zero attached hydrogens (tertiary/aromatic N) is 1. The van der Waals surface area contributed by atoms with Crippen LogP contribution in [0.3, 0.4) is 0 Å². The molecule has 6 nitrogen and oxygen atoms in total. The van der Waals surface area contributed by atoms with Crippen molar-refractivity contribution in [1.82, 2.24) is 0 Å². The fourth-order valence-electron chi connectivity index (χ4n) is 2.57. The number of benzene rings is 3. The Morgan fingerprint density at radius 3 is 2.29 bits per heavy atom. The lowest BCUT2D eigenvalue weighted by molar-refractivity contribution is -0.112. The third kappa shape index (κ3) is 5.72. The summed E-state index contributed by atoms with van der Waals surface area (Å²) in [7, 11) is -3.97. The molecule has 0 heterocycles. The lowest BCUT2D eigenvalue weighted by Crippen LogP contribution is -2.13. The Kier molecular flexibility index (Phi) is 6.75. The lowest BCUT2D eigenvalue weighted by atomic mass is 10.1. The van der Waals surface area contributed by atoms with E-state index in [4.69, 9.17) is 15.8 Å². The quantitative estimate of drug-likeness (QED) is 0.324. The predicted molar refractivity (Wildman–Crippen MR) is 119 cm³/mol. The molecule has 0 radical (unpaired) electrons. The molecule has 0 spiro atoms. The third-order valence-electron chi connectivity index (χ3n) is 4.19. The van der Waals surface area contributed by atoms with Gasteiger partial charge in [-0.15, -0.1) is 0 Å². The van der Waals surface area contributed by atoms with Crippen molar-refractivity contribution in [2.45, 2.75) is 11.8 Å². The first kappa shape index (κ1) is 22.1. The van der Waals surface area contributed by atoms with Crippen molar-refractivity contribution in [3.8, 4) is 11.8 Å². The second-order valence-electron chi connectivity index (χ2n) is 6.52. The van der Waals surface area contributed by atoms with Gasteiger partial charge in [-0.2, -0.15) is 13.7 Å². The van der Waals surface area contributed by atoms with Gasteiger partial charge in [-0.3, -0.25) is 4.79 Å². The van der Waals surface area contributed by atoms with E-state index in [1.54, 1.807) is 48.5 Å². The summed E-state index contributed by atoms with van der Waals surface area (Å²) in [5.74, 6) is -0.505. The fourth-order valence-corrected chi connectivity index (χ4v) is 3.68. The molecule has 0 aliphatic rings. The lowest BCUT2D eigenvalue weighted by Gasteiger charge is -2.08. The van der Waals surface area contributed by atoms with Crippen LogP contribution < -0.4 is 9.50 Å². The zero-order chi connectivity index (χ0) is 22.4. The second kappa shape index (κ2) is 9.47. The molecule has 3 rings (SSSR count). The van der Waals surface area contributed by atoms with Crippen molar-refractivity contribution in [3.05, 3.63) is 94.5 Å². The summed E-state index contributed by atoms with van der Waals surface area (Å²) in [6.45, 7) is 1.85. The molecule has 0 unspecified atom stereocenters. The monoisotopic (exact) mass is 452 g/mol. The van der Waals surface area contributed by atoms with Crippen LogP contribution in [-0.4, -0.2) is 14.3 Å². The largest absolute Gasteiger partial charge is 0.379 e. The third-order valence-corrected chi connectivity index (χ3v) is 5.78. The van der Waals surface area contributed by atoms with Crippen LogP contribution in [-0.2, 0) is 14.9 Å². The molecular weight excluding hydrogens is 436 g/mol. The van der Waals surface area contributed by atoms with E-state index in [1.807, 2.05) is 13.0 Å². The number of halogens is 1. The molecule has 0 saturated heterocycles. The summed E-state index contributed by atoms with van der Waals surface area (Å²) >= 11 is 6.02. The number of hydrogen-bond acceptors (Lipinski definition) is 5. The normalized spacial score (nSPS) is 11.5. The smallest absolute Gasteiger partial charge is 0.339 e. The first-order chi connectivity index (χ1) is 14.8. The number of anilines is 1. The van der Waals surface area contributed by atoms with Gasteiger partial charge in [0.25, 0.3) is 5.91 Å². The van der Waals surface area contributed by atoms with Gasteiger partial charge in [-0.25, -0.2) is 0 Å². The van der Waals surface area contributed by atoms with Crippen molar-refractivity contribution in [2.75, 3.05) is 5.32 Å². The van der Waals surface area contributed by atoms with Crippen LogP contribution >= 0.6 is 11.6 Å². The highest BCUT2D eigenvalue weighted by Crippen LogP contribution is 2.23. The molecule has 0 aliphatic carbocycles. The summed E-state index contributed by atoms with van der Waals surface area (Å²) in [6.07, 6.45) is 1.38. The molecule has 31 heavy (non-hydrogen) atoms. The minimum Gasteiger partial charge on any atom is -0.379 e. The maximum atomic E-state index is 12.4. The van der Waals surface area contributed by atoms with Crippen molar-refractivity contribution < 1.29 is 17.4 Å². The molecule has 8 heteroatoms. The second-order valence-corrected chi connectivity index (χ2v) is 8.48. The highest BCUT2D eigenvalue weighted by molar-refractivity contribution is 7.87. The van der Waals surface area contributed by atoms with Crippen LogP contribution in [0.25, 0.3) is 6.08 Å². The summed E-state index contributed by atoms with van der Waals surface area (Å²) in [6, 6.07) is 20.8. The van der Waals surface area contributed by atoms with Gasteiger partial charge in [0.05, 0.1) is 10.7 Å². The van der Waals surface area contributed by atoms with Crippen LogP contribution in [0.1, 0.15) is 11.1 Å². The first-order valence-electron chi connectivity index (χ1n) is 9.07. The van der Waals surface area contributed by atoms with Gasteiger partial charge in [0, 0.05) is 0 Å². The molecule has 156 valence electrons. The molecule has 0 aromatic heterocycles. The Morgan fingerprint density at radius 1 is 1.03 bits per heavy atom. The molecule has 1 amide bonds. The van der Waals surface area contributed by atoms with Gasteiger partial charge in [0.15, 0.2) is 0 Å². The van der Waals surface area contributed by atoms with Gasteiger partial charge < -0.3 is 9.50 Å². The molecule has 0 atom stereocenters. The molecule has 0 fully saturated rings. The van der Waals surface area contributed by atoms with E-state index in [2.05, 4.69) is 5.32 Å². The van der Waals surface area contributed by atoms with Crippen molar-refractivity contribution in [1.29, 1.82) is 5.26 Å². The molecule has 1 N–H and O–H groups in total. The Balaban J connectivity index is 1.74. The van der Waals surface area contributed by atoms with Crippen molar-refractivity contribution >= 4 is 39.4 Å². The minimum atomic E-state index is -3.97. The molecule has 3 aromatic carbocycles. The van der Waals surface area contributed by atoms with E-state index in [0.717, 1.165) is 5.56 Å². The van der Waals surface area contributed by atoms with E-state index in [1.165, 1.54) is 30.3 Å². The SMILES string of the molecule is Cc1ccc(S(=O)(=O)Oc2ccc(/C=C(\C#N)C(=O)Nc3ccccc3Cl)cc2)cc1. The Hall–Kier alpha value is -3.60. The number of carbonyl (C=O) groups is 1. The van der Waals surface area contributed by atoms with Crippen molar-refractivity contribution in [3.63, 3.8) is 0 Å². The van der Waals surface area contributed by atoms with Crippen molar-refractivity contribution in [2.24, 2.45) is 0 Å². The number of para-hydroxylation sites is 1. The van der Waals surface area contributed by atoms with E-state index < -0.39 is 16.0 Å². The van der Waals surface area contributed by atoms with E-state index >= 15 is 0 Å². The molecule has 3 aromatic rings. The number of aryl methyl sites for hydroxylation is 1. The van der Waals surface area contributed by atoms with Gasteiger partial charge in [-0.05, 0) is 55.0 Å². The maximum Gasteiger partial charge on any atom is 0.339 e. The predicted octanol–water partition coefficient (Wildman–Crippen LogP) is 4.96. The summed E-state index contributed by atoms with van der Waals surface area (Å²) < 4.78 is 29.9. The topological polar surface area (TPSA) is 96.3 Å². The summed E-state index contributed by atoms with van der Waals surface area (Å²) in [5, 5.41) is 12.3. The van der Waals surface area contributed by atoms with E-state index in [0.29, 0.717) is 16.3 Å². The molecule has 0 aliphatic heterocycles. The number of hydrogen-bond donors (Lipinski definition) is 1. The van der Waals surface area contributed by atoms with Crippen LogP contribution in [0.2, 0.25) is 5.02 Å². The minimum absolute atomic E-state index is 0.0464. The number of amides is 1. The number of nitrogens with one attached hydrogen (secondary N) is 1. The number of nitriles is 1. The van der Waals surface area contributed by atoms with Crippen LogP contribution in [0, 0.1) is 18.3 Å². The highest BCUT2D eigenvalue weighted by atomic mass is 35.5. The molecule has 0 bridgehead atoms. The summed E-state index contributed by atoms with van der Waals surface area (Å²) in [4.78, 5) is 12.4. The van der Waals surface area contributed by atoms with Crippen LogP contribution in [0.5, 0.6) is 5.75 Å². The standard InChI is InChI=1S/C23H17ClN2O4S/c1-16-6-12-20(13-7-16)31(28,29)30-19-10-8-17(9-11-19)14-18(15-25)23(27)26-22-5-3-2-4-21(22)24/h2-14H,1H3,(H,26,27)/b18-14+. The fraction of sp³-hybridized carbons (Fsp3) is 0.0435. The number of carbonyl (C=O) groups excluding carboxylic acids is 1. The Labute approximate surface area is 185 Å². The number of rotatable bonds is 6. The first-order valence-corrected chi connectivity index (χ1v) is 10.9. The zero-order valence-corrected chi connectivity index (χ0v) is 17.9. The zero-order valence-electron chi connectivity index (χ0n) is 16.4. The van der Waals surface area contributed by atoms with Gasteiger partial charge in [-0.1, -0.05) is 53.6 Å². The average Bonchev–Trinajstić information content (AvgIpc) is 2.75. The van der Waals surface area contributed by atoms with E-state index in [9.17, 15) is 18.5 Å². The van der Waals surface area contributed by atoms with Gasteiger partial charge >= 0.3 is 10.1 Å². The molecular formula is C23H17ClN2O4S. The maximum absolute atomic E-state index is 12.4. The van der Waals surface area contributed by atoms with Crippen LogP contribution in [0.4, 0.5) is 5.69 Å².